The third-order valence-corrected chi connectivity index (χ3v) is 3.48. The molecular weight excluding hydrogens is 292 g/mol. The van der Waals surface area contributed by atoms with Crippen LogP contribution < -0.4 is 4.74 Å². The summed E-state index contributed by atoms with van der Waals surface area (Å²) in [5, 5.41) is 11.4. The molecule has 106 valence electrons. The number of rotatable bonds is 4. The zero-order valence-electron chi connectivity index (χ0n) is 10.9. The molecule has 0 aliphatic heterocycles. The number of benzene rings is 2. The van der Waals surface area contributed by atoms with Gasteiger partial charge in [0.15, 0.2) is 0 Å². The number of furan rings is 1. The Bertz CT molecular complexity index is 807. The van der Waals surface area contributed by atoms with Crippen LogP contribution in [0.15, 0.2) is 53.1 Å². The summed E-state index contributed by atoms with van der Waals surface area (Å²) in [7, 11) is 0. The largest absolute Gasteiger partial charge is 0.488 e. The van der Waals surface area contributed by atoms with Crippen molar-refractivity contribution < 1.29 is 19.1 Å². The fourth-order valence-corrected chi connectivity index (χ4v) is 2.38. The Morgan fingerprint density at radius 3 is 2.67 bits per heavy atom. The van der Waals surface area contributed by atoms with Crippen molar-refractivity contribution in [3.63, 3.8) is 0 Å². The van der Waals surface area contributed by atoms with Gasteiger partial charge in [0.1, 0.15) is 12.4 Å². The van der Waals surface area contributed by atoms with Crippen molar-refractivity contribution in [2.45, 2.75) is 6.61 Å². The standard InChI is InChI=1S/C16H11ClO4/c17-13-5-6-14(12-4-2-1-3-11(12)13)21-9-10-7-8-20-15(10)16(18)19/h1-8H,9H2,(H,18,19). The normalized spacial score (nSPS) is 10.7. The molecule has 0 atom stereocenters. The first-order chi connectivity index (χ1) is 10.2. The van der Waals surface area contributed by atoms with E-state index in [1.54, 1.807) is 18.2 Å². The molecule has 0 radical (unpaired) electrons. The van der Waals surface area contributed by atoms with Gasteiger partial charge in [0.2, 0.25) is 5.76 Å². The third kappa shape index (κ3) is 2.58. The van der Waals surface area contributed by atoms with Crippen molar-refractivity contribution in [1.82, 2.24) is 0 Å². The van der Waals surface area contributed by atoms with Crippen LogP contribution in [0.2, 0.25) is 5.02 Å². The van der Waals surface area contributed by atoms with Crippen LogP contribution in [0.5, 0.6) is 5.75 Å². The second kappa shape index (κ2) is 5.50. The molecule has 0 aliphatic carbocycles. The molecule has 3 rings (SSSR count). The maximum absolute atomic E-state index is 11.0. The van der Waals surface area contributed by atoms with Crippen LogP contribution in [-0.4, -0.2) is 11.1 Å². The van der Waals surface area contributed by atoms with Gasteiger partial charge in [0, 0.05) is 21.4 Å². The molecule has 3 aromatic rings. The molecule has 0 fully saturated rings. The molecule has 1 heterocycles. The lowest BCUT2D eigenvalue weighted by Crippen LogP contribution is -2.02. The van der Waals surface area contributed by atoms with Crippen molar-refractivity contribution in [3.05, 3.63) is 65.1 Å². The van der Waals surface area contributed by atoms with Gasteiger partial charge >= 0.3 is 5.97 Å². The number of carboxylic acid groups (broad SMARTS) is 1. The highest BCUT2D eigenvalue weighted by molar-refractivity contribution is 6.35. The summed E-state index contributed by atoms with van der Waals surface area (Å²) in [5.74, 6) is -0.569. The van der Waals surface area contributed by atoms with Crippen LogP contribution >= 0.6 is 11.6 Å². The van der Waals surface area contributed by atoms with Crippen molar-refractivity contribution in [3.8, 4) is 5.75 Å². The summed E-state index contributed by atoms with van der Waals surface area (Å²) >= 11 is 6.15. The van der Waals surface area contributed by atoms with Gasteiger partial charge in [-0.1, -0.05) is 35.9 Å². The molecule has 5 heteroatoms. The topological polar surface area (TPSA) is 59.7 Å². The average Bonchev–Trinajstić information content (AvgIpc) is 2.96. The van der Waals surface area contributed by atoms with Crippen LogP contribution in [0.3, 0.4) is 0 Å². The Balaban J connectivity index is 1.91. The first kappa shape index (κ1) is 13.5. The summed E-state index contributed by atoms with van der Waals surface area (Å²) in [5.41, 5.74) is 0.488. The fraction of sp³-hybridized carbons (Fsp3) is 0.0625. The Hall–Kier alpha value is -2.46. The van der Waals surface area contributed by atoms with Gasteiger partial charge in [-0.05, 0) is 18.2 Å². The Kier molecular flexibility index (Phi) is 3.54. The van der Waals surface area contributed by atoms with E-state index >= 15 is 0 Å². The fourth-order valence-electron chi connectivity index (χ4n) is 2.15. The summed E-state index contributed by atoms with van der Waals surface area (Å²) in [6.07, 6.45) is 1.34. The van der Waals surface area contributed by atoms with E-state index in [1.807, 2.05) is 24.3 Å². The monoisotopic (exact) mass is 302 g/mol. The molecular formula is C16H11ClO4. The van der Waals surface area contributed by atoms with E-state index in [4.69, 9.17) is 25.9 Å². The Morgan fingerprint density at radius 1 is 1.14 bits per heavy atom. The number of carboxylic acids is 1. The molecule has 0 amide bonds. The van der Waals surface area contributed by atoms with E-state index in [2.05, 4.69) is 0 Å². The maximum atomic E-state index is 11.0. The summed E-state index contributed by atoms with van der Waals surface area (Å²) in [4.78, 5) is 11.0. The first-order valence-electron chi connectivity index (χ1n) is 6.26. The average molecular weight is 303 g/mol. The van der Waals surface area contributed by atoms with Gasteiger partial charge in [0.25, 0.3) is 0 Å². The number of hydrogen-bond acceptors (Lipinski definition) is 3. The zero-order valence-corrected chi connectivity index (χ0v) is 11.6. The van der Waals surface area contributed by atoms with Crippen LogP contribution in [0.4, 0.5) is 0 Å². The highest BCUT2D eigenvalue weighted by atomic mass is 35.5. The Labute approximate surface area is 125 Å². The van der Waals surface area contributed by atoms with Gasteiger partial charge in [-0.15, -0.1) is 0 Å². The Morgan fingerprint density at radius 2 is 1.90 bits per heavy atom. The molecule has 21 heavy (non-hydrogen) atoms. The number of fused-ring (bicyclic) bond motifs is 1. The minimum atomic E-state index is -1.11. The maximum Gasteiger partial charge on any atom is 0.372 e. The highest BCUT2D eigenvalue weighted by Crippen LogP contribution is 2.31. The lowest BCUT2D eigenvalue weighted by Gasteiger charge is -2.10. The summed E-state index contributed by atoms with van der Waals surface area (Å²) in [6, 6.07) is 12.7. The molecule has 1 N–H and O–H groups in total. The van der Waals surface area contributed by atoms with Gasteiger partial charge in [0.05, 0.1) is 6.26 Å². The first-order valence-corrected chi connectivity index (χ1v) is 6.64. The molecule has 4 nitrogen and oxygen atoms in total. The van der Waals surface area contributed by atoms with Crippen molar-refractivity contribution in [1.29, 1.82) is 0 Å². The number of hydrogen-bond donors (Lipinski definition) is 1. The number of aromatic carboxylic acids is 1. The van der Waals surface area contributed by atoms with Gasteiger partial charge in [-0.2, -0.15) is 0 Å². The van der Waals surface area contributed by atoms with E-state index in [1.165, 1.54) is 6.26 Å². The van der Waals surface area contributed by atoms with Crippen LogP contribution in [0.25, 0.3) is 10.8 Å². The lowest BCUT2D eigenvalue weighted by atomic mass is 10.1. The van der Waals surface area contributed by atoms with E-state index in [0.29, 0.717) is 16.3 Å². The van der Waals surface area contributed by atoms with Gasteiger partial charge < -0.3 is 14.3 Å². The molecule has 0 bridgehead atoms. The molecule has 0 aliphatic rings. The van der Waals surface area contributed by atoms with Gasteiger partial charge in [-0.25, -0.2) is 4.79 Å². The second-order valence-electron chi connectivity index (χ2n) is 4.46. The molecule has 1 aromatic heterocycles. The van der Waals surface area contributed by atoms with Gasteiger partial charge in [-0.3, -0.25) is 0 Å². The summed E-state index contributed by atoms with van der Waals surface area (Å²) in [6.45, 7) is 0.115. The number of halogens is 1. The van der Waals surface area contributed by atoms with Crippen LogP contribution in [-0.2, 0) is 6.61 Å². The minimum absolute atomic E-state index is 0.103. The summed E-state index contributed by atoms with van der Waals surface area (Å²) < 4.78 is 10.6. The third-order valence-electron chi connectivity index (χ3n) is 3.16. The lowest BCUT2D eigenvalue weighted by molar-refractivity contribution is 0.0658. The van der Waals surface area contributed by atoms with E-state index < -0.39 is 5.97 Å². The predicted octanol–water partition coefficient (Wildman–Crippen LogP) is 4.36. The molecule has 0 saturated carbocycles. The molecule has 0 spiro atoms. The van der Waals surface area contributed by atoms with Crippen molar-refractivity contribution >= 4 is 28.3 Å². The quantitative estimate of drug-likeness (QED) is 0.777. The molecule has 0 saturated heterocycles. The van der Waals surface area contributed by atoms with E-state index in [0.717, 1.165) is 10.8 Å². The van der Waals surface area contributed by atoms with Crippen molar-refractivity contribution in [2.75, 3.05) is 0 Å². The SMILES string of the molecule is O=C(O)c1occc1COc1ccc(Cl)c2ccccc12. The van der Waals surface area contributed by atoms with E-state index in [9.17, 15) is 4.79 Å². The molecule has 2 aromatic carbocycles. The van der Waals surface area contributed by atoms with Crippen molar-refractivity contribution in [2.24, 2.45) is 0 Å². The van der Waals surface area contributed by atoms with Crippen LogP contribution in [0.1, 0.15) is 16.1 Å². The zero-order chi connectivity index (χ0) is 14.8. The molecule has 0 unspecified atom stereocenters. The van der Waals surface area contributed by atoms with E-state index in [-0.39, 0.29) is 12.4 Å². The smallest absolute Gasteiger partial charge is 0.372 e. The predicted molar refractivity (Wildman–Crippen MR) is 79.0 cm³/mol. The number of carbonyl (C=O) groups is 1. The second-order valence-corrected chi connectivity index (χ2v) is 4.87. The highest BCUT2D eigenvalue weighted by Gasteiger charge is 2.15. The number of ether oxygens (including phenoxy) is 1. The van der Waals surface area contributed by atoms with Crippen LogP contribution in [0, 0.1) is 0 Å². The minimum Gasteiger partial charge on any atom is -0.488 e.